The Kier molecular flexibility index (Phi) is 11.1. The lowest BCUT2D eigenvalue weighted by molar-refractivity contribution is -0.124. The van der Waals surface area contributed by atoms with Crippen molar-refractivity contribution in [2.45, 2.75) is 97.9 Å². The average Bonchev–Trinajstić information content (AvgIpc) is 2.38. The molecule has 2 heteroatoms. The number of carbonyl (C=O) groups excluding carboxylic acids is 1. The molecule has 1 rings (SSSR count). The normalized spacial score (nSPS) is 17.6. The van der Waals surface area contributed by atoms with E-state index in [2.05, 4.69) is 33.0 Å². The topological polar surface area (TPSA) is 29.1 Å². The molecule has 0 spiro atoms. The first kappa shape index (κ1) is 19.6. The Bertz CT molecular complexity index is 248. The van der Waals surface area contributed by atoms with Crippen LogP contribution in [0.25, 0.3) is 0 Å². The first-order chi connectivity index (χ1) is 9.52. The van der Waals surface area contributed by atoms with Crippen molar-refractivity contribution in [1.29, 1.82) is 0 Å². The molecule has 0 radical (unpaired) electrons. The molecule has 1 aliphatic rings. The van der Waals surface area contributed by atoms with Gasteiger partial charge >= 0.3 is 0 Å². The summed E-state index contributed by atoms with van der Waals surface area (Å²) < 4.78 is 0. The fraction of sp³-hybridized carbons (Fsp3) is 0.944. The number of hydrogen-bond donors (Lipinski definition) is 1. The first-order valence-electron chi connectivity index (χ1n) is 8.80. The third-order valence-electron chi connectivity index (χ3n) is 4.57. The Labute approximate surface area is 127 Å². The molecule has 0 aromatic carbocycles. The fourth-order valence-corrected chi connectivity index (χ4v) is 2.53. The van der Waals surface area contributed by atoms with Crippen molar-refractivity contribution in [3.05, 3.63) is 0 Å². The zero-order valence-corrected chi connectivity index (χ0v) is 14.6. The van der Waals surface area contributed by atoms with Crippen LogP contribution in [0.1, 0.15) is 92.4 Å². The van der Waals surface area contributed by atoms with Crippen LogP contribution in [0.3, 0.4) is 0 Å². The van der Waals surface area contributed by atoms with E-state index in [1.807, 2.05) is 6.92 Å². The quantitative estimate of drug-likeness (QED) is 0.596. The van der Waals surface area contributed by atoms with E-state index in [1.165, 1.54) is 45.1 Å². The zero-order chi connectivity index (χ0) is 15.4. The molecular formula is C18H37NO. The Balaban J connectivity index is 0.000000388. The summed E-state index contributed by atoms with van der Waals surface area (Å²) >= 11 is 0. The molecule has 2 nitrogen and oxygen atoms in total. The van der Waals surface area contributed by atoms with Crippen LogP contribution in [0, 0.1) is 5.92 Å². The summed E-state index contributed by atoms with van der Waals surface area (Å²) in [6, 6.07) is 0. The minimum atomic E-state index is 0.393. The van der Waals surface area contributed by atoms with Crippen molar-refractivity contribution in [1.82, 2.24) is 5.32 Å². The smallest absolute Gasteiger partial charge is 0.135 e. The van der Waals surface area contributed by atoms with Crippen LogP contribution in [0.2, 0.25) is 0 Å². The van der Waals surface area contributed by atoms with Gasteiger partial charge in [-0.05, 0) is 45.6 Å². The summed E-state index contributed by atoms with van der Waals surface area (Å²) in [5, 5.41) is 3.65. The van der Waals surface area contributed by atoms with E-state index in [0.717, 1.165) is 19.3 Å². The Hall–Kier alpha value is -0.370. The minimum Gasteiger partial charge on any atom is -0.312 e. The van der Waals surface area contributed by atoms with Crippen molar-refractivity contribution in [3.63, 3.8) is 0 Å². The molecule has 0 bridgehead atoms. The Morgan fingerprint density at radius 3 is 2.10 bits per heavy atom. The number of nitrogens with one attached hydrogen (secondary N) is 1. The Morgan fingerprint density at radius 1 is 1.15 bits per heavy atom. The fourth-order valence-electron chi connectivity index (χ4n) is 2.53. The minimum absolute atomic E-state index is 0.393. The van der Waals surface area contributed by atoms with Gasteiger partial charge in [0.2, 0.25) is 0 Å². The van der Waals surface area contributed by atoms with Crippen LogP contribution in [0.4, 0.5) is 0 Å². The summed E-state index contributed by atoms with van der Waals surface area (Å²) in [7, 11) is 0. The highest BCUT2D eigenvalue weighted by molar-refractivity contribution is 5.81. The third kappa shape index (κ3) is 8.04. The SMILES string of the molecule is CCC(=O)C1CCC1.CCCCNC(C)(CC)CCC. The van der Waals surface area contributed by atoms with Gasteiger partial charge in [-0.3, -0.25) is 4.79 Å². The maximum Gasteiger partial charge on any atom is 0.135 e. The van der Waals surface area contributed by atoms with E-state index in [-0.39, 0.29) is 0 Å². The van der Waals surface area contributed by atoms with Gasteiger partial charge in [-0.1, -0.05) is 47.0 Å². The maximum absolute atomic E-state index is 10.8. The van der Waals surface area contributed by atoms with Gasteiger partial charge in [-0.15, -0.1) is 0 Å². The van der Waals surface area contributed by atoms with E-state index < -0.39 is 0 Å². The molecule has 0 saturated heterocycles. The van der Waals surface area contributed by atoms with E-state index in [9.17, 15) is 4.79 Å². The monoisotopic (exact) mass is 283 g/mol. The molecule has 1 aliphatic carbocycles. The summed E-state index contributed by atoms with van der Waals surface area (Å²) in [5.74, 6) is 0.927. The highest BCUT2D eigenvalue weighted by Crippen LogP contribution is 2.27. The van der Waals surface area contributed by atoms with Crippen LogP contribution in [0.15, 0.2) is 0 Å². The van der Waals surface area contributed by atoms with Gasteiger partial charge in [0.05, 0.1) is 0 Å². The predicted molar refractivity (Wildman–Crippen MR) is 89.2 cm³/mol. The molecule has 0 aliphatic heterocycles. The molecular weight excluding hydrogens is 246 g/mol. The molecule has 20 heavy (non-hydrogen) atoms. The molecule has 0 aromatic heterocycles. The average molecular weight is 284 g/mol. The maximum atomic E-state index is 10.8. The highest BCUT2D eigenvalue weighted by atomic mass is 16.1. The van der Waals surface area contributed by atoms with Gasteiger partial charge < -0.3 is 5.32 Å². The van der Waals surface area contributed by atoms with E-state index >= 15 is 0 Å². The molecule has 0 heterocycles. The molecule has 1 N–H and O–H groups in total. The van der Waals surface area contributed by atoms with Gasteiger partial charge in [0.15, 0.2) is 0 Å². The second kappa shape index (κ2) is 11.3. The van der Waals surface area contributed by atoms with Crippen LogP contribution in [-0.2, 0) is 4.79 Å². The largest absolute Gasteiger partial charge is 0.312 e. The van der Waals surface area contributed by atoms with Crippen LogP contribution < -0.4 is 5.32 Å². The van der Waals surface area contributed by atoms with Crippen LogP contribution >= 0.6 is 0 Å². The van der Waals surface area contributed by atoms with Gasteiger partial charge in [0.1, 0.15) is 5.78 Å². The van der Waals surface area contributed by atoms with E-state index in [0.29, 0.717) is 17.2 Å². The summed E-state index contributed by atoms with van der Waals surface area (Å²) in [6.45, 7) is 12.2. The van der Waals surface area contributed by atoms with Crippen molar-refractivity contribution < 1.29 is 4.79 Å². The van der Waals surface area contributed by atoms with Gasteiger partial charge in [-0.25, -0.2) is 0 Å². The molecule has 0 amide bonds. The molecule has 1 atom stereocenters. The molecule has 0 aromatic rings. The number of rotatable bonds is 9. The summed E-state index contributed by atoms with van der Waals surface area (Å²) in [6.07, 6.45) is 10.7. The number of carbonyl (C=O) groups is 1. The summed E-state index contributed by atoms with van der Waals surface area (Å²) in [4.78, 5) is 10.8. The standard InChI is InChI=1S/C11H25N.C7H12O/c1-5-8-10-12-11(4,7-3)9-6-2;1-2-7(8)6-4-3-5-6/h12H,5-10H2,1-4H3;6H,2-5H2,1H3. The van der Waals surface area contributed by atoms with E-state index in [1.54, 1.807) is 0 Å². The lowest BCUT2D eigenvalue weighted by Gasteiger charge is -2.29. The van der Waals surface area contributed by atoms with Crippen molar-refractivity contribution >= 4 is 5.78 Å². The number of unbranched alkanes of at least 4 members (excludes halogenated alkanes) is 1. The molecule has 1 saturated carbocycles. The summed E-state index contributed by atoms with van der Waals surface area (Å²) in [5.41, 5.74) is 0.393. The van der Waals surface area contributed by atoms with Crippen molar-refractivity contribution in [3.8, 4) is 0 Å². The number of hydrogen-bond acceptors (Lipinski definition) is 2. The number of ketones is 1. The third-order valence-corrected chi connectivity index (χ3v) is 4.57. The highest BCUT2D eigenvalue weighted by Gasteiger charge is 2.22. The molecule has 1 unspecified atom stereocenters. The van der Waals surface area contributed by atoms with Gasteiger partial charge in [0.25, 0.3) is 0 Å². The van der Waals surface area contributed by atoms with Crippen LogP contribution in [0.5, 0.6) is 0 Å². The number of Topliss-reactive ketones (excluding diaryl/α,β-unsaturated/α-hetero) is 1. The first-order valence-corrected chi connectivity index (χ1v) is 8.80. The van der Waals surface area contributed by atoms with Gasteiger partial charge in [0, 0.05) is 17.9 Å². The van der Waals surface area contributed by atoms with Crippen molar-refractivity contribution in [2.75, 3.05) is 6.54 Å². The second-order valence-corrected chi connectivity index (χ2v) is 6.39. The second-order valence-electron chi connectivity index (χ2n) is 6.39. The lowest BCUT2D eigenvalue weighted by atomic mass is 9.81. The van der Waals surface area contributed by atoms with Crippen LogP contribution in [-0.4, -0.2) is 17.9 Å². The zero-order valence-electron chi connectivity index (χ0n) is 14.6. The lowest BCUT2D eigenvalue weighted by Crippen LogP contribution is -2.42. The molecule has 120 valence electrons. The van der Waals surface area contributed by atoms with E-state index in [4.69, 9.17) is 0 Å². The Morgan fingerprint density at radius 2 is 1.80 bits per heavy atom. The van der Waals surface area contributed by atoms with Crippen molar-refractivity contribution in [2.24, 2.45) is 5.92 Å². The molecule has 1 fully saturated rings. The van der Waals surface area contributed by atoms with Gasteiger partial charge in [-0.2, -0.15) is 0 Å². The predicted octanol–water partition coefficient (Wildman–Crippen LogP) is 5.11.